The van der Waals surface area contributed by atoms with Crippen LogP contribution in [0, 0.1) is 12.3 Å². The van der Waals surface area contributed by atoms with Crippen LogP contribution < -0.4 is 5.32 Å². The third-order valence-electron chi connectivity index (χ3n) is 5.43. The third kappa shape index (κ3) is 4.29. The molecule has 1 N–H and O–H groups in total. The normalized spacial score (nSPS) is 22.1. The van der Waals surface area contributed by atoms with Crippen LogP contribution in [0.5, 0.6) is 0 Å². The molecule has 1 aromatic rings. The van der Waals surface area contributed by atoms with Crippen LogP contribution in [0.4, 0.5) is 0 Å². The topological polar surface area (TPSA) is 56.9 Å². The van der Waals surface area contributed by atoms with E-state index in [1.165, 1.54) is 25.7 Å². The highest BCUT2D eigenvalue weighted by Gasteiger charge is 2.29. The van der Waals surface area contributed by atoms with Gasteiger partial charge < -0.3 is 14.7 Å². The first-order valence-corrected chi connectivity index (χ1v) is 9.18. The van der Waals surface area contributed by atoms with E-state index in [9.17, 15) is 0 Å². The van der Waals surface area contributed by atoms with Gasteiger partial charge in [-0.15, -0.1) is 0 Å². The predicted molar refractivity (Wildman–Crippen MR) is 96.0 cm³/mol. The average molecular weight is 333 g/mol. The van der Waals surface area contributed by atoms with Gasteiger partial charge in [0.2, 0.25) is 0 Å². The Hall–Kier alpha value is -1.56. The lowest BCUT2D eigenvalue weighted by atomic mass is 9.89. The Balaban J connectivity index is 1.45. The fourth-order valence-electron chi connectivity index (χ4n) is 3.87. The molecule has 6 nitrogen and oxygen atoms in total. The molecular formula is C18H31N5O. The molecular weight excluding hydrogens is 302 g/mol. The minimum absolute atomic E-state index is 0.447. The molecule has 0 aromatic carbocycles. The van der Waals surface area contributed by atoms with Crippen molar-refractivity contribution in [3.8, 4) is 0 Å². The molecule has 0 amide bonds. The molecule has 2 aliphatic rings. The van der Waals surface area contributed by atoms with Crippen LogP contribution in [-0.2, 0) is 6.54 Å². The Bertz CT molecular complexity index is 554. The van der Waals surface area contributed by atoms with E-state index in [2.05, 4.69) is 32.2 Å². The second-order valence-electron chi connectivity index (χ2n) is 7.61. The molecule has 2 fully saturated rings. The highest BCUT2D eigenvalue weighted by Crippen LogP contribution is 2.36. The first-order chi connectivity index (χ1) is 11.6. The van der Waals surface area contributed by atoms with Crippen LogP contribution in [0.2, 0.25) is 0 Å². The van der Waals surface area contributed by atoms with E-state index in [1.54, 1.807) is 0 Å². The van der Waals surface area contributed by atoms with Gasteiger partial charge in [-0.2, -0.15) is 0 Å². The largest absolute Gasteiger partial charge is 0.361 e. The lowest BCUT2D eigenvalue weighted by molar-refractivity contribution is 0.168. The van der Waals surface area contributed by atoms with Gasteiger partial charge in [-0.3, -0.25) is 9.89 Å². The van der Waals surface area contributed by atoms with Gasteiger partial charge in [0.05, 0.1) is 5.69 Å². The Morgan fingerprint density at radius 1 is 1.29 bits per heavy atom. The van der Waals surface area contributed by atoms with Gasteiger partial charge in [-0.1, -0.05) is 24.9 Å². The molecule has 0 atom stereocenters. The second kappa shape index (κ2) is 7.55. The Kier molecular flexibility index (Phi) is 5.43. The van der Waals surface area contributed by atoms with Gasteiger partial charge in [0.1, 0.15) is 5.76 Å². The van der Waals surface area contributed by atoms with Crippen molar-refractivity contribution in [2.24, 2.45) is 10.4 Å². The van der Waals surface area contributed by atoms with E-state index < -0.39 is 0 Å². The lowest BCUT2D eigenvalue weighted by Gasteiger charge is -2.37. The number of piperazine rings is 1. The summed E-state index contributed by atoms with van der Waals surface area (Å²) in [4.78, 5) is 9.31. The number of aromatic nitrogens is 1. The summed E-state index contributed by atoms with van der Waals surface area (Å²) in [5, 5.41) is 7.71. The first kappa shape index (κ1) is 17.3. The zero-order valence-corrected chi connectivity index (χ0v) is 15.3. The van der Waals surface area contributed by atoms with Crippen molar-refractivity contribution >= 4 is 5.96 Å². The molecule has 3 rings (SSSR count). The highest BCUT2D eigenvalue weighted by molar-refractivity contribution is 5.80. The summed E-state index contributed by atoms with van der Waals surface area (Å²) in [6.45, 7) is 10.3. The molecule has 2 heterocycles. The van der Waals surface area contributed by atoms with Gasteiger partial charge in [-0.25, -0.2) is 0 Å². The predicted octanol–water partition coefficient (Wildman–Crippen LogP) is 2.26. The zero-order chi connectivity index (χ0) is 17.0. The van der Waals surface area contributed by atoms with Crippen LogP contribution in [0.3, 0.4) is 0 Å². The molecule has 0 spiro atoms. The van der Waals surface area contributed by atoms with Crippen LogP contribution in [-0.4, -0.2) is 60.7 Å². The van der Waals surface area contributed by atoms with Crippen LogP contribution in [0.1, 0.15) is 44.1 Å². The van der Waals surface area contributed by atoms with Gasteiger partial charge >= 0.3 is 0 Å². The average Bonchev–Trinajstić information content (AvgIpc) is 3.18. The number of aliphatic imine (C=N–C) groups is 1. The van der Waals surface area contributed by atoms with Crippen LogP contribution >= 0.6 is 0 Å². The Labute approximate surface area is 145 Å². The van der Waals surface area contributed by atoms with Crippen molar-refractivity contribution < 1.29 is 4.52 Å². The van der Waals surface area contributed by atoms with E-state index >= 15 is 0 Å². The summed E-state index contributed by atoms with van der Waals surface area (Å²) in [6.07, 6.45) is 5.41. The van der Waals surface area contributed by atoms with E-state index in [-0.39, 0.29) is 0 Å². The number of nitrogens with zero attached hydrogens (tertiary/aromatic N) is 4. The summed E-state index contributed by atoms with van der Waals surface area (Å²) in [6, 6.07) is 2.02. The van der Waals surface area contributed by atoms with E-state index in [1.807, 2.05) is 20.0 Å². The maximum absolute atomic E-state index is 5.16. The number of rotatable bonds is 4. The molecule has 134 valence electrons. The second-order valence-corrected chi connectivity index (χ2v) is 7.61. The molecule has 24 heavy (non-hydrogen) atoms. The van der Waals surface area contributed by atoms with Gasteiger partial charge in [0.15, 0.2) is 5.96 Å². The standard InChI is InChI=1S/C18H31N5O/c1-15-12-16(21-24-15)13-22-8-10-23(11-9-22)17(19-3)20-14-18(2)6-4-5-7-18/h12H,4-11,13-14H2,1-3H3,(H,19,20). The molecule has 0 unspecified atom stereocenters. The molecule has 1 saturated carbocycles. The quantitative estimate of drug-likeness (QED) is 0.676. The molecule has 1 aliphatic carbocycles. The monoisotopic (exact) mass is 333 g/mol. The van der Waals surface area contributed by atoms with E-state index in [0.717, 1.165) is 56.7 Å². The lowest BCUT2D eigenvalue weighted by Crippen LogP contribution is -2.53. The van der Waals surface area contributed by atoms with Crippen LogP contribution in [0.25, 0.3) is 0 Å². The van der Waals surface area contributed by atoms with Gasteiger partial charge in [-0.05, 0) is 25.2 Å². The summed E-state index contributed by atoms with van der Waals surface area (Å²) >= 11 is 0. The third-order valence-corrected chi connectivity index (χ3v) is 5.43. The van der Waals surface area contributed by atoms with Crippen molar-refractivity contribution in [3.05, 3.63) is 17.5 Å². The minimum atomic E-state index is 0.447. The summed E-state index contributed by atoms with van der Waals surface area (Å²) < 4.78 is 5.16. The number of aryl methyl sites for hydroxylation is 1. The number of hydrogen-bond acceptors (Lipinski definition) is 4. The molecule has 1 aromatic heterocycles. The first-order valence-electron chi connectivity index (χ1n) is 9.18. The van der Waals surface area contributed by atoms with Crippen molar-refractivity contribution in [3.63, 3.8) is 0 Å². The molecule has 0 bridgehead atoms. The molecule has 6 heteroatoms. The van der Waals surface area contributed by atoms with Crippen molar-refractivity contribution in [1.29, 1.82) is 0 Å². The highest BCUT2D eigenvalue weighted by atomic mass is 16.5. The molecule has 1 aliphatic heterocycles. The van der Waals surface area contributed by atoms with Gasteiger partial charge in [0, 0.05) is 52.4 Å². The smallest absolute Gasteiger partial charge is 0.193 e. The maximum Gasteiger partial charge on any atom is 0.193 e. The summed E-state index contributed by atoms with van der Waals surface area (Å²) in [5.41, 5.74) is 1.47. The number of hydrogen-bond donors (Lipinski definition) is 1. The fourth-order valence-corrected chi connectivity index (χ4v) is 3.87. The molecule has 0 radical (unpaired) electrons. The Morgan fingerprint density at radius 2 is 2.00 bits per heavy atom. The summed E-state index contributed by atoms with van der Waals surface area (Å²) in [5.74, 6) is 1.94. The van der Waals surface area contributed by atoms with E-state index in [4.69, 9.17) is 4.52 Å². The van der Waals surface area contributed by atoms with Crippen molar-refractivity contribution in [2.75, 3.05) is 39.8 Å². The molecule has 1 saturated heterocycles. The SMILES string of the molecule is CN=C(NCC1(C)CCCC1)N1CCN(Cc2cc(C)on2)CC1. The maximum atomic E-state index is 5.16. The fraction of sp³-hybridized carbons (Fsp3) is 0.778. The number of guanidine groups is 1. The minimum Gasteiger partial charge on any atom is -0.361 e. The Morgan fingerprint density at radius 3 is 2.58 bits per heavy atom. The van der Waals surface area contributed by atoms with E-state index in [0.29, 0.717) is 5.41 Å². The van der Waals surface area contributed by atoms with Crippen molar-refractivity contribution in [1.82, 2.24) is 20.3 Å². The van der Waals surface area contributed by atoms with Gasteiger partial charge in [0.25, 0.3) is 0 Å². The summed E-state index contributed by atoms with van der Waals surface area (Å²) in [7, 11) is 1.89. The van der Waals surface area contributed by atoms with Crippen molar-refractivity contribution in [2.45, 2.75) is 46.1 Å². The van der Waals surface area contributed by atoms with Crippen LogP contribution in [0.15, 0.2) is 15.6 Å². The number of nitrogens with one attached hydrogen (secondary N) is 1. The zero-order valence-electron chi connectivity index (χ0n) is 15.3.